The molecule has 0 unspecified atom stereocenters. The third-order valence-electron chi connectivity index (χ3n) is 5.13. The third kappa shape index (κ3) is 3.43. The highest BCUT2D eigenvalue weighted by Gasteiger charge is 2.11. The number of thiophene rings is 1. The maximum absolute atomic E-state index is 5.20. The van der Waals surface area contributed by atoms with Gasteiger partial charge in [0.05, 0.1) is 7.11 Å². The van der Waals surface area contributed by atoms with Crippen molar-refractivity contribution in [3.05, 3.63) is 96.1 Å². The minimum Gasteiger partial charge on any atom is -0.481 e. The van der Waals surface area contributed by atoms with Gasteiger partial charge < -0.3 is 9.30 Å². The number of aromatic nitrogens is 2. The summed E-state index contributed by atoms with van der Waals surface area (Å²) in [6.45, 7) is 0.823. The molecule has 0 fully saturated rings. The number of para-hydroxylation sites is 1. The minimum absolute atomic E-state index is 0.628. The molecular weight excluding hydrogens is 376 g/mol. The largest absolute Gasteiger partial charge is 0.481 e. The molecule has 0 bridgehead atoms. The summed E-state index contributed by atoms with van der Waals surface area (Å²) in [6.07, 6.45) is 4.11. The molecule has 0 saturated heterocycles. The molecule has 0 N–H and O–H groups in total. The Morgan fingerprint density at radius 2 is 1.86 bits per heavy atom. The molecule has 0 atom stereocenters. The average molecular weight is 397 g/mol. The van der Waals surface area contributed by atoms with Crippen LogP contribution in [-0.4, -0.2) is 16.7 Å². The van der Waals surface area contributed by atoms with Gasteiger partial charge in [-0.2, -0.15) is 0 Å². The molecule has 3 aromatic heterocycles. The van der Waals surface area contributed by atoms with Crippen molar-refractivity contribution >= 4 is 22.2 Å². The van der Waals surface area contributed by atoms with Gasteiger partial charge in [-0.25, -0.2) is 4.98 Å². The molecule has 0 aliphatic rings. The van der Waals surface area contributed by atoms with Gasteiger partial charge in [-0.05, 0) is 40.8 Å². The number of pyridine rings is 1. The summed E-state index contributed by atoms with van der Waals surface area (Å²) < 4.78 is 7.52. The first kappa shape index (κ1) is 17.7. The van der Waals surface area contributed by atoms with Gasteiger partial charge in [0, 0.05) is 51.9 Å². The number of benzene rings is 2. The van der Waals surface area contributed by atoms with Gasteiger partial charge in [0.2, 0.25) is 5.88 Å². The quantitative estimate of drug-likeness (QED) is 0.339. The van der Waals surface area contributed by atoms with Crippen molar-refractivity contribution in [2.45, 2.75) is 6.54 Å². The number of rotatable bonds is 5. The average Bonchev–Trinajstić information content (AvgIpc) is 3.43. The molecular formula is C25H20N2OS. The van der Waals surface area contributed by atoms with Gasteiger partial charge in [0.25, 0.3) is 0 Å². The lowest BCUT2D eigenvalue weighted by molar-refractivity contribution is 0.398. The number of hydrogen-bond donors (Lipinski definition) is 0. The van der Waals surface area contributed by atoms with E-state index in [9.17, 15) is 0 Å². The van der Waals surface area contributed by atoms with Crippen LogP contribution in [0.1, 0.15) is 5.56 Å². The van der Waals surface area contributed by atoms with Crippen molar-refractivity contribution in [3.63, 3.8) is 0 Å². The molecule has 4 heteroatoms. The summed E-state index contributed by atoms with van der Waals surface area (Å²) in [5, 5.41) is 3.35. The zero-order valence-electron chi connectivity index (χ0n) is 16.1. The fourth-order valence-corrected chi connectivity index (χ4v) is 4.45. The second-order valence-electron chi connectivity index (χ2n) is 6.95. The Bertz CT molecular complexity index is 1250. The van der Waals surface area contributed by atoms with Gasteiger partial charge in [0.15, 0.2) is 0 Å². The smallest absolute Gasteiger partial charge is 0.212 e. The van der Waals surface area contributed by atoms with Gasteiger partial charge in [0.1, 0.15) is 0 Å². The number of fused-ring (bicyclic) bond motifs is 1. The first-order chi connectivity index (χ1) is 14.3. The van der Waals surface area contributed by atoms with Crippen LogP contribution in [0.25, 0.3) is 32.5 Å². The summed E-state index contributed by atoms with van der Waals surface area (Å²) in [7, 11) is 1.64. The Hall–Kier alpha value is -3.37. The van der Waals surface area contributed by atoms with Crippen molar-refractivity contribution < 1.29 is 4.74 Å². The van der Waals surface area contributed by atoms with Crippen LogP contribution in [0, 0.1) is 0 Å². The predicted molar refractivity (Wildman–Crippen MR) is 121 cm³/mol. The van der Waals surface area contributed by atoms with Gasteiger partial charge >= 0.3 is 0 Å². The molecule has 2 aromatic carbocycles. The van der Waals surface area contributed by atoms with Crippen molar-refractivity contribution in [1.82, 2.24) is 9.55 Å². The molecule has 0 saturated carbocycles. The highest BCUT2D eigenvalue weighted by atomic mass is 32.1. The van der Waals surface area contributed by atoms with Crippen LogP contribution >= 0.6 is 11.3 Å². The lowest BCUT2D eigenvalue weighted by Crippen LogP contribution is -1.97. The van der Waals surface area contributed by atoms with E-state index in [4.69, 9.17) is 4.74 Å². The maximum atomic E-state index is 5.20. The van der Waals surface area contributed by atoms with Gasteiger partial charge in [-0.3, -0.25) is 0 Å². The summed E-state index contributed by atoms with van der Waals surface area (Å²) in [6, 6.07) is 25.6. The van der Waals surface area contributed by atoms with Crippen molar-refractivity contribution in [2.24, 2.45) is 0 Å². The summed E-state index contributed by atoms with van der Waals surface area (Å²) in [5.74, 6) is 0.628. The number of methoxy groups -OCH3 is 1. The Morgan fingerprint density at radius 3 is 2.66 bits per heavy atom. The zero-order chi connectivity index (χ0) is 19.6. The molecule has 0 radical (unpaired) electrons. The molecule has 0 aliphatic carbocycles. The van der Waals surface area contributed by atoms with Crippen LogP contribution < -0.4 is 4.74 Å². The molecule has 3 heterocycles. The van der Waals surface area contributed by atoms with E-state index < -0.39 is 0 Å². The highest BCUT2D eigenvalue weighted by Crippen LogP contribution is 2.32. The highest BCUT2D eigenvalue weighted by molar-refractivity contribution is 7.13. The first-order valence-corrected chi connectivity index (χ1v) is 10.4. The summed E-state index contributed by atoms with van der Waals surface area (Å²) in [4.78, 5) is 5.68. The lowest BCUT2D eigenvalue weighted by Gasteiger charge is -2.07. The molecule has 0 spiro atoms. The van der Waals surface area contributed by atoms with E-state index in [-0.39, 0.29) is 0 Å². The zero-order valence-corrected chi connectivity index (χ0v) is 16.9. The molecule has 142 valence electrons. The monoisotopic (exact) mass is 396 g/mol. The molecule has 29 heavy (non-hydrogen) atoms. The second kappa shape index (κ2) is 7.57. The standard InChI is InChI=1S/C25H20N2OS/c1-28-25-12-11-20(15-26-25)22-17-27(23-9-3-2-8-21(22)23)16-18-6-4-7-19(14-18)24-10-5-13-29-24/h2-15,17H,16H2,1H3. The van der Waals surface area contributed by atoms with Crippen molar-refractivity contribution in [1.29, 1.82) is 0 Å². The molecule has 0 amide bonds. The number of ether oxygens (including phenoxy) is 1. The van der Waals surface area contributed by atoms with Gasteiger partial charge in [-0.15, -0.1) is 11.3 Å². The third-order valence-corrected chi connectivity index (χ3v) is 6.05. The van der Waals surface area contributed by atoms with Crippen LogP contribution in [0.15, 0.2) is 90.6 Å². The van der Waals surface area contributed by atoms with Crippen LogP contribution in [0.5, 0.6) is 5.88 Å². The predicted octanol–water partition coefficient (Wildman–Crippen LogP) is 6.49. The Balaban J connectivity index is 1.55. The van der Waals surface area contributed by atoms with Crippen molar-refractivity contribution in [2.75, 3.05) is 7.11 Å². The van der Waals surface area contributed by atoms with E-state index >= 15 is 0 Å². The van der Waals surface area contributed by atoms with E-state index in [1.807, 2.05) is 12.3 Å². The van der Waals surface area contributed by atoms with E-state index in [2.05, 4.69) is 87.9 Å². The Morgan fingerprint density at radius 1 is 0.931 bits per heavy atom. The van der Waals surface area contributed by atoms with E-state index in [0.29, 0.717) is 5.88 Å². The van der Waals surface area contributed by atoms with E-state index in [0.717, 1.165) is 12.1 Å². The summed E-state index contributed by atoms with van der Waals surface area (Å²) >= 11 is 1.77. The Labute approximate surface area is 173 Å². The fraction of sp³-hybridized carbons (Fsp3) is 0.0800. The SMILES string of the molecule is COc1ccc(-c2cn(Cc3cccc(-c4cccs4)c3)c3ccccc23)cn1. The van der Waals surface area contributed by atoms with Crippen molar-refractivity contribution in [3.8, 4) is 27.4 Å². The molecule has 3 nitrogen and oxygen atoms in total. The minimum atomic E-state index is 0.628. The Kier molecular flexibility index (Phi) is 4.62. The normalized spacial score (nSPS) is 11.1. The maximum Gasteiger partial charge on any atom is 0.212 e. The fourth-order valence-electron chi connectivity index (χ4n) is 3.73. The van der Waals surface area contributed by atoms with Crippen LogP contribution in [0.4, 0.5) is 0 Å². The number of hydrogen-bond acceptors (Lipinski definition) is 3. The van der Waals surface area contributed by atoms with Crippen LogP contribution in [0.3, 0.4) is 0 Å². The lowest BCUT2D eigenvalue weighted by atomic mass is 10.1. The molecule has 5 aromatic rings. The molecule has 5 rings (SSSR count). The van der Waals surface area contributed by atoms with Gasteiger partial charge in [-0.1, -0.05) is 42.5 Å². The number of nitrogens with zero attached hydrogens (tertiary/aromatic N) is 2. The van der Waals surface area contributed by atoms with Crippen LogP contribution in [0.2, 0.25) is 0 Å². The summed E-state index contributed by atoms with van der Waals surface area (Å²) in [5.41, 5.74) is 6.06. The molecule has 0 aliphatic heterocycles. The second-order valence-corrected chi connectivity index (χ2v) is 7.90. The topological polar surface area (TPSA) is 27.1 Å². The first-order valence-electron chi connectivity index (χ1n) is 9.53. The van der Waals surface area contributed by atoms with E-state index in [1.54, 1.807) is 18.4 Å². The van der Waals surface area contributed by atoms with Crippen LogP contribution in [-0.2, 0) is 6.54 Å². The van der Waals surface area contributed by atoms with E-state index in [1.165, 1.54) is 32.5 Å².